The SMILES string of the molecule is CN1C(=O)CC2(c3ccc(F)cc3)CCCCC2C1=O. The molecule has 2 atom stereocenters. The van der Waals surface area contributed by atoms with Gasteiger partial charge in [0.15, 0.2) is 0 Å². The van der Waals surface area contributed by atoms with E-state index in [-0.39, 0.29) is 23.5 Å². The first-order valence-corrected chi connectivity index (χ1v) is 7.11. The van der Waals surface area contributed by atoms with Crippen molar-refractivity contribution in [2.75, 3.05) is 7.05 Å². The molecule has 2 fully saturated rings. The van der Waals surface area contributed by atoms with Crippen LogP contribution in [0.5, 0.6) is 0 Å². The molecule has 0 spiro atoms. The molecule has 20 heavy (non-hydrogen) atoms. The highest BCUT2D eigenvalue weighted by Crippen LogP contribution is 2.49. The third-order valence-electron chi connectivity index (χ3n) is 4.92. The van der Waals surface area contributed by atoms with Gasteiger partial charge in [0.2, 0.25) is 11.8 Å². The lowest BCUT2D eigenvalue weighted by atomic mass is 9.58. The maximum atomic E-state index is 13.1. The fourth-order valence-electron chi connectivity index (χ4n) is 3.79. The fourth-order valence-corrected chi connectivity index (χ4v) is 3.79. The van der Waals surface area contributed by atoms with Gasteiger partial charge in [-0.15, -0.1) is 0 Å². The number of imide groups is 1. The van der Waals surface area contributed by atoms with Gasteiger partial charge in [0.05, 0.1) is 0 Å². The number of hydrogen-bond acceptors (Lipinski definition) is 2. The van der Waals surface area contributed by atoms with Crippen molar-refractivity contribution in [2.45, 2.75) is 37.5 Å². The predicted octanol–water partition coefficient (Wildman–Crippen LogP) is 2.64. The van der Waals surface area contributed by atoms with Crippen LogP contribution < -0.4 is 0 Å². The minimum Gasteiger partial charge on any atom is -0.285 e. The Hall–Kier alpha value is -1.71. The van der Waals surface area contributed by atoms with E-state index in [2.05, 4.69) is 0 Å². The third kappa shape index (κ3) is 1.86. The maximum Gasteiger partial charge on any atom is 0.232 e. The number of nitrogens with zero attached hydrogens (tertiary/aromatic N) is 1. The van der Waals surface area contributed by atoms with E-state index in [1.165, 1.54) is 17.0 Å². The highest BCUT2D eigenvalue weighted by Gasteiger charge is 2.52. The van der Waals surface area contributed by atoms with Gasteiger partial charge in [-0.05, 0) is 30.5 Å². The molecule has 4 heteroatoms. The summed E-state index contributed by atoms with van der Waals surface area (Å²) >= 11 is 0. The van der Waals surface area contributed by atoms with E-state index >= 15 is 0 Å². The highest BCUT2D eigenvalue weighted by molar-refractivity contribution is 6.00. The molecular formula is C16H18FNO2. The average Bonchev–Trinajstić information content (AvgIpc) is 2.45. The normalized spacial score (nSPS) is 30.3. The number of piperidine rings is 1. The topological polar surface area (TPSA) is 37.4 Å². The van der Waals surface area contributed by atoms with Crippen LogP contribution in [0.2, 0.25) is 0 Å². The molecule has 1 saturated heterocycles. The third-order valence-corrected chi connectivity index (χ3v) is 4.92. The Balaban J connectivity index is 2.08. The van der Waals surface area contributed by atoms with Crippen molar-refractivity contribution in [2.24, 2.45) is 5.92 Å². The minimum atomic E-state index is -0.424. The van der Waals surface area contributed by atoms with E-state index in [1.54, 1.807) is 19.2 Å². The molecule has 1 aliphatic heterocycles. The van der Waals surface area contributed by atoms with Crippen LogP contribution in [-0.4, -0.2) is 23.8 Å². The Bertz CT molecular complexity index is 554. The number of carbonyl (C=O) groups excluding carboxylic acids is 2. The quantitative estimate of drug-likeness (QED) is 0.739. The van der Waals surface area contributed by atoms with Crippen molar-refractivity contribution >= 4 is 11.8 Å². The zero-order valence-corrected chi connectivity index (χ0v) is 11.6. The Morgan fingerprint density at radius 1 is 1.20 bits per heavy atom. The van der Waals surface area contributed by atoms with Gasteiger partial charge in [0, 0.05) is 24.8 Å². The van der Waals surface area contributed by atoms with Crippen LogP contribution >= 0.6 is 0 Å². The van der Waals surface area contributed by atoms with E-state index in [0.29, 0.717) is 6.42 Å². The van der Waals surface area contributed by atoms with Gasteiger partial charge in [-0.25, -0.2) is 4.39 Å². The lowest BCUT2D eigenvalue weighted by Gasteiger charge is -2.48. The van der Waals surface area contributed by atoms with Gasteiger partial charge < -0.3 is 0 Å². The molecule has 0 aromatic heterocycles. The Kier molecular flexibility index (Phi) is 3.11. The summed E-state index contributed by atoms with van der Waals surface area (Å²) in [7, 11) is 1.56. The summed E-state index contributed by atoms with van der Waals surface area (Å²) in [6.45, 7) is 0. The van der Waals surface area contributed by atoms with Crippen molar-refractivity contribution in [3.05, 3.63) is 35.6 Å². The number of rotatable bonds is 1. The van der Waals surface area contributed by atoms with Crippen molar-refractivity contribution in [1.29, 1.82) is 0 Å². The maximum absolute atomic E-state index is 13.1. The lowest BCUT2D eigenvalue weighted by Crippen LogP contribution is -2.56. The Labute approximate surface area is 117 Å². The van der Waals surface area contributed by atoms with Crippen LogP contribution in [0, 0.1) is 11.7 Å². The number of amides is 2. The average molecular weight is 275 g/mol. The molecule has 2 unspecified atom stereocenters. The standard InChI is InChI=1S/C16H18FNO2/c1-18-14(19)10-16(11-5-7-12(17)8-6-11)9-3-2-4-13(16)15(18)20/h5-8,13H,2-4,9-10H2,1H3. The molecule has 1 aliphatic carbocycles. The van der Waals surface area contributed by atoms with Crippen LogP contribution in [-0.2, 0) is 15.0 Å². The van der Waals surface area contributed by atoms with Crippen LogP contribution in [0.1, 0.15) is 37.7 Å². The van der Waals surface area contributed by atoms with Crippen molar-refractivity contribution < 1.29 is 14.0 Å². The van der Waals surface area contributed by atoms with E-state index < -0.39 is 5.41 Å². The molecule has 3 rings (SSSR count). The summed E-state index contributed by atoms with van der Waals surface area (Å²) in [6, 6.07) is 6.31. The molecule has 2 amide bonds. The summed E-state index contributed by atoms with van der Waals surface area (Å²) in [5, 5.41) is 0. The second kappa shape index (κ2) is 4.69. The first kappa shape index (κ1) is 13.3. The molecule has 1 heterocycles. The van der Waals surface area contributed by atoms with Gasteiger partial charge >= 0.3 is 0 Å². The molecule has 3 nitrogen and oxygen atoms in total. The minimum absolute atomic E-state index is 0.0784. The summed E-state index contributed by atoms with van der Waals surface area (Å²) < 4.78 is 13.1. The van der Waals surface area contributed by atoms with Crippen LogP contribution in [0.25, 0.3) is 0 Å². The second-order valence-electron chi connectivity index (χ2n) is 5.93. The Morgan fingerprint density at radius 2 is 1.90 bits per heavy atom. The molecule has 2 aliphatic rings. The predicted molar refractivity (Wildman–Crippen MR) is 72.4 cm³/mol. The number of carbonyl (C=O) groups is 2. The van der Waals surface area contributed by atoms with Gasteiger partial charge in [0.1, 0.15) is 5.82 Å². The monoisotopic (exact) mass is 275 g/mol. The second-order valence-corrected chi connectivity index (χ2v) is 5.93. The van der Waals surface area contributed by atoms with Crippen LogP contribution in [0.15, 0.2) is 24.3 Å². The molecule has 1 aromatic rings. The summed E-state index contributed by atoms with van der Waals surface area (Å²) in [6.07, 6.45) is 4.02. The summed E-state index contributed by atoms with van der Waals surface area (Å²) in [5.41, 5.74) is 0.505. The number of likely N-dealkylation sites (tertiary alicyclic amines) is 1. The van der Waals surface area contributed by atoms with Gasteiger partial charge in [0.25, 0.3) is 0 Å². The largest absolute Gasteiger partial charge is 0.285 e. The van der Waals surface area contributed by atoms with Gasteiger partial charge in [-0.3, -0.25) is 14.5 Å². The number of fused-ring (bicyclic) bond motifs is 1. The highest BCUT2D eigenvalue weighted by atomic mass is 19.1. The molecule has 0 bridgehead atoms. The number of hydrogen-bond donors (Lipinski definition) is 0. The van der Waals surface area contributed by atoms with Gasteiger partial charge in [-0.2, -0.15) is 0 Å². The lowest BCUT2D eigenvalue weighted by molar-refractivity contribution is -0.155. The Morgan fingerprint density at radius 3 is 2.60 bits per heavy atom. The zero-order chi connectivity index (χ0) is 14.3. The van der Waals surface area contributed by atoms with E-state index in [9.17, 15) is 14.0 Å². The van der Waals surface area contributed by atoms with E-state index in [0.717, 1.165) is 31.2 Å². The molecular weight excluding hydrogens is 257 g/mol. The van der Waals surface area contributed by atoms with E-state index in [4.69, 9.17) is 0 Å². The van der Waals surface area contributed by atoms with Crippen LogP contribution in [0.4, 0.5) is 4.39 Å². The first-order chi connectivity index (χ1) is 9.54. The zero-order valence-electron chi connectivity index (χ0n) is 11.6. The number of benzene rings is 1. The molecule has 0 N–H and O–H groups in total. The van der Waals surface area contributed by atoms with Crippen molar-refractivity contribution in [3.63, 3.8) is 0 Å². The van der Waals surface area contributed by atoms with E-state index in [1.807, 2.05) is 0 Å². The molecule has 106 valence electrons. The smallest absolute Gasteiger partial charge is 0.232 e. The molecule has 1 saturated carbocycles. The van der Waals surface area contributed by atoms with Crippen molar-refractivity contribution in [3.8, 4) is 0 Å². The van der Waals surface area contributed by atoms with Crippen molar-refractivity contribution in [1.82, 2.24) is 4.90 Å². The van der Waals surface area contributed by atoms with Crippen LogP contribution in [0.3, 0.4) is 0 Å². The van der Waals surface area contributed by atoms with Gasteiger partial charge in [-0.1, -0.05) is 25.0 Å². The fraction of sp³-hybridized carbons (Fsp3) is 0.500. The summed E-state index contributed by atoms with van der Waals surface area (Å²) in [4.78, 5) is 25.8. The molecule has 0 radical (unpaired) electrons. The first-order valence-electron chi connectivity index (χ1n) is 7.11. The number of halogens is 1. The summed E-state index contributed by atoms with van der Waals surface area (Å²) in [5.74, 6) is -0.643. The molecule has 1 aromatic carbocycles.